The maximum Gasteiger partial charge on any atom is 0.223 e. The van der Waals surface area contributed by atoms with Gasteiger partial charge in [0.2, 0.25) is 15.9 Å². The molecule has 8 heteroatoms. The zero-order chi connectivity index (χ0) is 24.3. The Hall–Kier alpha value is -2.09. The highest BCUT2D eigenvalue weighted by Crippen LogP contribution is 2.42. The highest BCUT2D eigenvalue weighted by molar-refractivity contribution is 7.88. The van der Waals surface area contributed by atoms with Gasteiger partial charge in [0, 0.05) is 36.0 Å². The van der Waals surface area contributed by atoms with Crippen LogP contribution in [0.25, 0.3) is 0 Å². The molecule has 0 saturated carbocycles. The molecule has 1 fully saturated rings. The lowest BCUT2D eigenvalue weighted by Crippen LogP contribution is -2.47. The van der Waals surface area contributed by atoms with Crippen LogP contribution in [0.4, 0.5) is 0 Å². The number of carbonyl (C=O) groups excluding carboxylic acids is 1. The van der Waals surface area contributed by atoms with Gasteiger partial charge in [-0.15, -0.1) is 0 Å². The number of nitrogens with one attached hydrogen (secondary N) is 1. The Balaban J connectivity index is 1.38. The average molecular weight is 505 g/mol. The summed E-state index contributed by atoms with van der Waals surface area (Å²) in [6, 6.07) is 14.7. The van der Waals surface area contributed by atoms with Gasteiger partial charge in [0.05, 0.1) is 11.8 Å². The van der Waals surface area contributed by atoms with Crippen LogP contribution in [0.1, 0.15) is 63.1 Å². The normalized spacial score (nSPS) is 20.9. The lowest BCUT2D eigenvalue weighted by atomic mass is 9.83. The maximum atomic E-state index is 13.2. The largest absolute Gasteiger partial charge is 0.487 e. The van der Waals surface area contributed by atoms with E-state index in [0.29, 0.717) is 36.5 Å². The molecule has 2 heterocycles. The molecule has 1 N–H and O–H groups in total. The number of rotatable bonds is 7. The molecular formula is C26H33ClN2O4S. The average Bonchev–Trinajstić information content (AvgIpc) is 2.85. The van der Waals surface area contributed by atoms with E-state index < -0.39 is 10.0 Å². The molecule has 2 aromatic rings. The molecule has 6 nitrogen and oxygen atoms in total. The summed E-state index contributed by atoms with van der Waals surface area (Å²) in [5, 5.41) is 3.85. The van der Waals surface area contributed by atoms with Crippen molar-refractivity contribution in [2.45, 2.75) is 63.3 Å². The van der Waals surface area contributed by atoms with Gasteiger partial charge in [-0.1, -0.05) is 55.8 Å². The molecule has 184 valence electrons. The third-order valence-corrected chi connectivity index (χ3v) is 9.38. The summed E-state index contributed by atoms with van der Waals surface area (Å²) in [6.45, 7) is 4.95. The van der Waals surface area contributed by atoms with Crippen LogP contribution in [-0.4, -0.2) is 37.3 Å². The summed E-state index contributed by atoms with van der Waals surface area (Å²) in [5.41, 5.74) is 1.43. The first-order valence-electron chi connectivity index (χ1n) is 12.1. The third kappa shape index (κ3) is 5.42. The zero-order valence-corrected chi connectivity index (χ0v) is 21.4. The molecular weight excluding hydrogens is 472 g/mol. The Morgan fingerprint density at radius 2 is 1.74 bits per heavy atom. The van der Waals surface area contributed by atoms with Crippen molar-refractivity contribution in [2.75, 3.05) is 13.1 Å². The zero-order valence-electron chi connectivity index (χ0n) is 19.8. The number of ether oxygens (including phenoxy) is 1. The molecule has 0 unspecified atom stereocenters. The topological polar surface area (TPSA) is 75.7 Å². The van der Waals surface area contributed by atoms with Gasteiger partial charge >= 0.3 is 0 Å². The van der Waals surface area contributed by atoms with Gasteiger partial charge < -0.3 is 10.1 Å². The predicted octanol–water partition coefficient (Wildman–Crippen LogP) is 5.08. The van der Waals surface area contributed by atoms with E-state index in [2.05, 4.69) is 19.2 Å². The lowest BCUT2D eigenvalue weighted by Gasteiger charge is -2.42. The van der Waals surface area contributed by atoms with Gasteiger partial charge in [-0.25, -0.2) is 12.7 Å². The summed E-state index contributed by atoms with van der Waals surface area (Å²) in [4.78, 5) is 13.2. The Morgan fingerprint density at radius 1 is 1.09 bits per heavy atom. The van der Waals surface area contributed by atoms with Gasteiger partial charge in [-0.2, -0.15) is 0 Å². The fourth-order valence-corrected chi connectivity index (χ4v) is 6.69. The smallest absolute Gasteiger partial charge is 0.223 e. The second-order valence-electron chi connectivity index (χ2n) is 9.35. The summed E-state index contributed by atoms with van der Waals surface area (Å²) in [7, 11) is -3.45. The lowest BCUT2D eigenvalue weighted by molar-refractivity contribution is -0.127. The Labute approximate surface area is 207 Å². The van der Waals surface area contributed by atoms with Gasteiger partial charge in [0.15, 0.2) is 0 Å². The second kappa shape index (κ2) is 10.3. The molecule has 1 atom stereocenters. The first kappa shape index (κ1) is 25.0. The van der Waals surface area contributed by atoms with Crippen LogP contribution in [0.5, 0.6) is 5.75 Å². The van der Waals surface area contributed by atoms with Crippen molar-refractivity contribution in [3.63, 3.8) is 0 Å². The molecule has 0 bridgehead atoms. The van der Waals surface area contributed by atoms with Crippen molar-refractivity contribution < 1.29 is 17.9 Å². The predicted molar refractivity (Wildman–Crippen MR) is 134 cm³/mol. The van der Waals surface area contributed by atoms with Crippen molar-refractivity contribution in [2.24, 2.45) is 5.92 Å². The van der Waals surface area contributed by atoms with Crippen LogP contribution < -0.4 is 10.1 Å². The molecule has 0 aromatic heterocycles. The highest BCUT2D eigenvalue weighted by Gasteiger charge is 2.40. The number of para-hydroxylation sites is 1. The Morgan fingerprint density at radius 3 is 2.38 bits per heavy atom. The summed E-state index contributed by atoms with van der Waals surface area (Å²) in [5.74, 6) is 0.578. The molecule has 34 heavy (non-hydrogen) atoms. The molecule has 4 rings (SSSR count). The van der Waals surface area contributed by atoms with Crippen LogP contribution in [0.15, 0.2) is 48.5 Å². The maximum absolute atomic E-state index is 13.2. The third-order valence-electron chi connectivity index (χ3n) is 7.28. The Bertz CT molecular complexity index is 1110. The van der Waals surface area contributed by atoms with Crippen LogP contribution in [0.3, 0.4) is 0 Å². The number of benzene rings is 2. The van der Waals surface area contributed by atoms with E-state index in [1.807, 2.05) is 24.3 Å². The molecule has 1 saturated heterocycles. The number of fused-ring (bicyclic) bond motifs is 1. The number of nitrogens with zero attached hydrogens (tertiary/aromatic N) is 1. The molecule has 1 amide bonds. The number of piperidine rings is 1. The second-order valence-corrected chi connectivity index (χ2v) is 11.8. The van der Waals surface area contributed by atoms with Crippen molar-refractivity contribution in [3.8, 4) is 5.75 Å². The minimum absolute atomic E-state index is 0.00226. The standard InChI is InChI=1S/C26H33ClN2O4S/c1-3-26(4-2)17-23(22-7-5-6-8-24(22)33-26)28-25(30)20-13-15-29(16-14-20)34(31,32)18-19-9-11-21(27)12-10-19/h5-12,20,23H,3-4,13-18H2,1-2H3,(H,28,30)/t23-/m1/s1. The number of hydrogen-bond donors (Lipinski definition) is 1. The highest BCUT2D eigenvalue weighted by atomic mass is 35.5. The quantitative estimate of drug-likeness (QED) is 0.570. The van der Waals surface area contributed by atoms with Crippen molar-refractivity contribution in [1.29, 1.82) is 0 Å². The number of carbonyl (C=O) groups is 1. The van der Waals surface area contributed by atoms with E-state index in [9.17, 15) is 13.2 Å². The summed E-state index contributed by atoms with van der Waals surface area (Å²) >= 11 is 5.90. The first-order valence-corrected chi connectivity index (χ1v) is 14.0. The van der Waals surface area contributed by atoms with Gasteiger partial charge in [0.25, 0.3) is 0 Å². The number of sulfonamides is 1. The molecule has 0 aliphatic carbocycles. The van der Waals surface area contributed by atoms with Gasteiger partial charge in [-0.3, -0.25) is 4.79 Å². The van der Waals surface area contributed by atoms with Crippen LogP contribution in [0, 0.1) is 5.92 Å². The van der Waals surface area contributed by atoms with Crippen LogP contribution >= 0.6 is 11.6 Å². The fourth-order valence-electron chi connectivity index (χ4n) is 5.00. The van der Waals surface area contributed by atoms with Crippen molar-refractivity contribution in [3.05, 3.63) is 64.7 Å². The van der Waals surface area contributed by atoms with Gasteiger partial charge in [-0.05, 0) is 49.4 Å². The number of hydrogen-bond acceptors (Lipinski definition) is 4. The molecule has 2 aliphatic rings. The van der Waals surface area contributed by atoms with Crippen LogP contribution in [-0.2, 0) is 20.6 Å². The minimum Gasteiger partial charge on any atom is -0.487 e. The fraction of sp³-hybridized carbons (Fsp3) is 0.500. The molecule has 0 spiro atoms. The summed E-state index contributed by atoms with van der Waals surface area (Å²) < 4.78 is 33.6. The summed E-state index contributed by atoms with van der Waals surface area (Å²) in [6.07, 6.45) is 3.51. The minimum atomic E-state index is -3.45. The monoisotopic (exact) mass is 504 g/mol. The van der Waals surface area contributed by atoms with Crippen molar-refractivity contribution in [1.82, 2.24) is 9.62 Å². The first-order chi connectivity index (χ1) is 16.2. The van der Waals surface area contributed by atoms with E-state index in [1.54, 1.807) is 24.3 Å². The van der Waals surface area contributed by atoms with E-state index in [-0.39, 0.29) is 29.2 Å². The molecule has 2 aliphatic heterocycles. The Kier molecular flexibility index (Phi) is 7.55. The van der Waals surface area contributed by atoms with E-state index in [1.165, 1.54) is 4.31 Å². The van der Waals surface area contributed by atoms with Crippen LogP contribution in [0.2, 0.25) is 5.02 Å². The molecule has 2 aromatic carbocycles. The van der Waals surface area contributed by atoms with Crippen molar-refractivity contribution >= 4 is 27.5 Å². The molecule has 0 radical (unpaired) electrons. The van der Waals surface area contributed by atoms with Gasteiger partial charge in [0.1, 0.15) is 11.4 Å². The number of amides is 1. The number of halogens is 1. The van der Waals surface area contributed by atoms with E-state index in [0.717, 1.165) is 30.6 Å². The van der Waals surface area contributed by atoms with E-state index >= 15 is 0 Å². The van der Waals surface area contributed by atoms with E-state index in [4.69, 9.17) is 16.3 Å². The SMILES string of the molecule is CCC1(CC)C[C@@H](NC(=O)C2CCN(S(=O)(=O)Cc3ccc(Cl)cc3)CC2)c2ccccc2O1.